The van der Waals surface area contributed by atoms with Crippen LogP contribution < -0.4 is 0 Å². The number of hydrogen-bond acceptors (Lipinski definition) is 4. The average molecular weight is 328 g/mol. The zero-order valence-corrected chi connectivity index (χ0v) is 14.4. The van der Waals surface area contributed by atoms with Gasteiger partial charge in [-0.3, -0.25) is 9.48 Å². The van der Waals surface area contributed by atoms with Crippen LogP contribution in [0, 0.1) is 0 Å². The van der Waals surface area contributed by atoms with Gasteiger partial charge in [-0.05, 0) is 31.5 Å². The number of carbonyl (C=O) groups excluding carboxylic acids is 1. The van der Waals surface area contributed by atoms with Gasteiger partial charge >= 0.3 is 0 Å². The van der Waals surface area contributed by atoms with Crippen molar-refractivity contribution in [1.29, 1.82) is 0 Å². The number of thiazole rings is 1. The molecule has 1 amide bonds. The maximum absolute atomic E-state index is 12.5. The molecule has 3 rings (SSSR count). The van der Waals surface area contributed by atoms with Crippen molar-refractivity contribution in [2.75, 3.05) is 7.05 Å². The van der Waals surface area contributed by atoms with E-state index in [9.17, 15) is 4.79 Å². The maximum atomic E-state index is 12.5. The molecular formula is C17H20N4OS. The highest BCUT2D eigenvalue weighted by Gasteiger charge is 2.20. The molecule has 3 aromatic rings. The van der Waals surface area contributed by atoms with Crippen molar-refractivity contribution in [3.63, 3.8) is 0 Å². The topological polar surface area (TPSA) is 51.0 Å². The van der Waals surface area contributed by atoms with Crippen LogP contribution in [-0.4, -0.2) is 32.6 Å². The molecule has 23 heavy (non-hydrogen) atoms. The summed E-state index contributed by atoms with van der Waals surface area (Å²) in [5.74, 6) is 0.123. The van der Waals surface area contributed by atoms with E-state index in [1.54, 1.807) is 22.4 Å². The fraction of sp³-hybridized carbons (Fsp3) is 0.353. The molecule has 2 heterocycles. The van der Waals surface area contributed by atoms with Gasteiger partial charge in [0, 0.05) is 32.4 Å². The van der Waals surface area contributed by atoms with Crippen LogP contribution >= 0.6 is 11.3 Å². The summed E-state index contributed by atoms with van der Waals surface area (Å²) in [6.45, 7) is 2.03. The Kier molecular flexibility index (Phi) is 4.43. The second-order valence-electron chi connectivity index (χ2n) is 5.65. The molecule has 1 aromatic carbocycles. The highest BCUT2D eigenvalue weighted by Crippen LogP contribution is 2.29. The van der Waals surface area contributed by atoms with Gasteiger partial charge in [-0.25, -0.2) is 4.98 Å². The molecule has 0 spiro atoms. The summed E-state index contributed by atoms with van der Waals surface area (Å²) in [6.07, 6.45) is 2.94. The standard InChI is InChI=1S/C17H20N4OS/c1-12(17-19-14-6-4-5-7-15(14)23-17)20(2)16(22)9-8-13-10-11-18-21(13)3/h4-7,10-12H,8-9H2,1-3H3/t12-/m1/s1. The van der Waals surface area contributed by atoms with Crippen molar-refractivity contribution in [3.05, 3.63) is 47.2 Å². The SMILES string of the molecule is C[C@H](c1nc2ccccc2s1)N(C)C(=O)CCc1ccnn1C. The summed E-state index contributed by atoms with van der Waals surface area (Å²) in [4.78, 5) is 18.9. The number of amides is 1. The van der Waals surface area contributed by atoms with Crippen LogP contribution in [-0.2, 0) is 18.3 Å². The van der Waals surface area contributed by atoms with Gasteiger partial charge in [0.05, 0.1) is 16.3 Å². The largest absolute Gasteiger partial charge is 0.337 e. The lowest BCUT2D eigenvalue weighted by Gasteiger charge is -2.23. The Bertz CT molecular complexity index is 790. The summed E-state index contributed by atoms with van der Waals surface area (Å²) < 4.78 is 2.97. The Morgan fingerprint density at radius 3 is 2.83 bits per heavy atom. The van der Waals surface area contributed by atoms with Crippen LogP contribution in [0.15, 0.2) is 36.5 Å². The van der Waals surface area contributed by atoms with Gasteiger partial charge < -0.3 is 4.90 Å². The minimum Gasteiger partial charge on any atom is -0.337 e. The number of benzene rings is 1. The zero-order chi connectivity index (χ0) is 16.4. The summed E-state index contributed by atoms with van der Waals surface area (Å²) in [5.41, 5.74) is 2.06. The molecule has 6 heteroatoms. The number of carbonyl (C=O) groups is 1. The third-order valence-electron chi connectivity index (χ3n) is 4.16. The van der Waals surface area contributed by atoms with E-state index in [4.69, 9.17) is 0 Å². The third kappa shape index (κ3) is 3.27. The predicted octanol–water partition coefficient (Wildman–Crippen LogP) is 3.18. The Morgan fingerprint density at radius 1 is 1.35 bits per heavy atom. The monoisotopic (exact) mass is 328 g/mol. The van der Waals surface area contributed by atoms with E-state index in [2.05, 4.69) is 16.1 Å². The van der Waals surface area contributed by atoms with E-state index < -0.39 is 0 Å². The second kappa shape index (κ2) is 6.50. The molecule has 0 saturated heterocycles. The lowest BCUT2D eigenvalue weighted by atomic mass is 10.2. The number of fused-ring (bicyclic) bond motifs is 1. The Hall–Kier alpha value is -2.21. The predicted molar refractivity (Wildman–Crippen MR) is 92.3 cm³/mol. The second-order valence-corrected chi connectivity index (χ2v) is 6.71. The smallest absolute Gasteiger partial charge is 0.223 e. The molecule has 0 bridgehead atoms. The van der Waals surface area contributed by atoms with Crippen molar-refractivity contribution < 1.29 is 4.79 Å². The lowest BCUT2D eigenvalue weighted by Crippen LogP contribution is -2.29. The molecule has 0 aliphatic heterocycles. The third-order valence-corrected chi connectivity index (χ3v) is 5.37. The van der Waals surface area contributed by atoms with Crippen molar-refractivity contribution >= 4 is 27.5 Å². The first-order valence-corrected chi connectivity index (χ1v) is 8.46. The van der Waals surface area contributed by atoms with Crippen LogP contribution in [0.4, 0.5) is 0 Å². The molecule has 0 radical (unpaired) electrons. The average Bonchev–Trinajstić information content (AvgIpc) is 3.17. The summed E-state index contributed by atoms with van der Waals surface area (Å²) in [5, 5.41) is 5.10. The fourth-order valence-corrected chi connectivity index (χ4v) is 3.57. The van der Waals surface area contributed by atoms with Gasteiger partial charge in [0.2, 0.25) is 5.91 Å². The normalized spacial score (nSPS) is 12.5. The Labute approximate surface area is 139 Å². The van der Waals surface area contributed by atoms with E-state index in [1.165, 1.54) is 0 Å². The van der Waals surface area contributed by atoms with Crippen LogP contribution in [0.5, 0.6) is 0 Å². The van der Waals surface area contributed by atoms with E-state index in [1.807, 2.05) is 50.0 Å². The number of para-hydroxylation sites is 1. The van der Waals surface area contributed by atoms with Gasteiger partial charge in [-0.1, -0.05) is 12.1 Å². The van der Waals surface area contributed by atoms with E-state index >= 15 is 0 Å². The highest BCUT2D eigenvalue weighted by molar-refractivity contribution is 7.18. The number of hydrogen-bond donors (Lipinski definition) is 0. The summed E-state index contributed by atoms with van der Waals surface area (Å²) in [6, 6.07) is 9.99. The van der Waals surface area contributed by atoms with Crippen LogP contribution in [0.2, 0.25) is 0 Å². The van der Waals surface area contributed by atoms with Crippen molar-refractivity contribution in [2.45, 2.75) is 25.8 Å². The molecule has 0 fully saturated rings. The molecule has 0 saturated carbocycles. The minimum absolute atomic E-state index is 0.0218. The first kappa shape index (κ1) is 15.7. The highest BCUT2D eigenvalue weighted by atomic mass is 32.1. The molecule has 0 N–H and O–H groups in total. The fourth-order valence-electron chi connectivity index (χ4n) is 2.51. The molecule has 120 valence electrons. The van der Waals surface area contributed by atoms with Crippen LogP contribution in [0.1, 0.15) is 30.1 Å². The van der Waals surface area contributed by atoms with Gasteiger partial charge in [0.25, 0.3) is 0 Å². The Balaban J connectivity index is 1.67. The minimum atomic E-state index is -0.0218. The van der Waals surface area contributed by atoms with Crippen LogP contribution in [0.25, 0.3) is 10.2 Å². The molecule has 0 aliphatic carbocycles. The first-order chi connectivity index (χ1) is 11.1. The van der Waals surface area contributed by atoms with Gasteiger partial charge in [-0.2, -0.15) is 5.10 Å². The molecule has 5 nitrogen and oxygen atoms in total. The zero-order valence-electron chi connectivity index (χ0n) is 13.6. The van der Waals surface area contributed by atoms with Crippen molar-refractivity contribution in [3.8, 4) is 0 Å². The van der Waals surface area contributed by atoms with Crippen molar-refractivity contribution in [1.82, 2.24) is 19.7 Å². The first-order valence-electron chi connectivity index (χ1n) is 7.64. The van der Waals surface area contributed by atoms with E-state index in [-0.39, 0.29) is 11.9 Å². The molecular weight excluding hydrogens is 308 g/mol. The van der Waals surface area contributed by atoms with Gasteiger partial charge in [-0.15, -0.1) is 11.3 Å². The quantitative estimate of drug-likeness (QED) is 0.723. The molecule has 0 aliphatic rings. The molecule has 1 atom stereocenters. The van der Waals surface area contributed by atoms with Gasteiger partial charge in [0.1, 0.15) is 5.01 Å². The number of nitrogens with zero attached hydrogens (tertiary/aromatic N) is 4. The maximum Gasteiger partial charge on any atom is 0.223 e. The molecule has 2 aromatic heterocycles. The summed E-state index contributed by atoms with van der Waals surface area (Å²) in [7, 11) is 3.75. The number of aryl methyl sites for hydroxylation is 2. The van der Waals surface area contributed by atoms with Crippen LogP contribution in [0.3, 0.4) is 0 Å². The summed E-state index contributed by atoms with van der Waals surface area (Å²) >= 11 is 1.65. The van der Waals surface area contributed by atoms with Crippen molar-refractivity contribution in [2.24, 2.45) is 7.05 Å². The Morgan fingerprint density at radius 2 is 2.13 bits per heavy atom. The van der Waals surface area contributed by atoms with E-state index in [0.717, 1.165) is 20.9 Å². The van der Waals surface area contributed by atoms with Gasteiger partial charge in [0.15, 0.2) is 0 Å². The number of rotatable bonds is 5. The van der Waals surface area contributed by atoms with E-state index in [0.29, 0.717) is 12.8 Å². The lowest BCUT2D eigenvalue weighted by molar-refractivity contribution is -0.131. The molecule has 0 unspecified atom stereocenters. The number of aromatic nitrogens is 3.